The van der Waals surface area contributed by atoms with E-state index in [1.807, 2.05) is 18.2 Å². The molecule has 0 amide bonds. The van der Waals surface area contributed by atoms with Crippen LogP contribution in [0, 0.1) is 6.92 Å². The van der Waals surface area contributed by atoms with E-state index in [0.29, 0.717) is 0 Å². The summed E-state index contributed by atoms with van der Waals surface area (Å²) in [6, 6.07) is 16.7. The van der Waals surface area contributed by atoms with Crippen LogP contribution in [0.3, 0.4) is 0 Å². The molecule has 1 aliphatic carbocycles. The van der Waals surface area contributed by atoms with E-state index in [9.17, 15) is 5.11 Å². The first-order valence-corrected chi connectivity index (χ1v) is 6.08. The molecule has 2 atom stereocenters. The summed E-state index contributed by atoms with van der Waals surface area (Å²) in [5.41, 5.74) is 4.88. The van der Waals surface area contributed by atoms with Crippen LogP contribution in [0.1, 0.15) is 34.3 Å². The highest BCUT2D eigenvalue weighted by Gasteiger charge is 2.31. The molecule has 0 aliphatic heterocycles. The van der Waals surface area contributed by atoms with Crippen molar-refractivity contribution in [2.75, 3.05) is 0 Å². The molecule has 0 spiro atoms. The van der Waals surface area contributed by atoms with E-state index in [4.69, 9.17) is 0 Å². The average Bonchev–Trinajstić information content (AvgIpc) is 2.69. The molecule has 2 unspecified atom stereocenters. The van der Waals surface area contributed by atoms with Gasteiger partial charge in [0.2, 0.25) is 0 Å². The highest BCUT2D eigenvalue weighted by molar-refractivity contribution is 5.40. The van der Waals surface area contributed by atoms with E-state index >= 15 is 0 Å². The third-order valence-electron chi connectivity index (χ3n) is 3.70. The van der Waals surface area contributed by atoms with Crippen LogP contribution in [0.4, 0.5) is 0 Å². The molecule has 2 aromatic rings. The van der Waals surface area contributed by atoms with Crippen molar-refractivity contribution < 1.29 is 5.11 Å². The third-order valence-corrected chi connectivity index (χ3v) is 3.70. The molecule has 0 fully saturated rings. The zero-order valence-corrected chi connectivity index (χ0v) is 9.93. The summed E-state index contributed by atoms with van der Waals surface area (Å²) < 4.78 is 0. The molecule has 1 N–H and O–H groups in total. The Hall–Kier alpha value is -1.60. The van der Waals surface area contributed by atoms with Gasteiger partial charge in [0.15, 0.2) is 0 Å². The van der Waals surface area contributed by atoms with E-state index in [2.05, 4.69) is 37.3 Å². The van der Waals surface area contributed by atoms with Gasteiger partial charge in [0.1, 0.15) is 0 Å². The van der Waals surface area contributed by atoms with Gasteiger partial charge in [0, 0.05) is 5.92 Å². The number of hydrogen-bond acceptors (Lipinski definition) is 1. The SMILES string of the molecule is Cc1ccc(C2Cc3ccccc3C2O)cc1. The largest absolute Gasteiger partial charge is 0.388 e. The van der Waals surface area contributed by atoms with Crippen molar-refractivity contribution in [2.24, 2.45) is 0 Å². The van der Waals surface area contributed by atoms with Crippen molar-refractivity contribution in [1.82, 2.24) is 0 Å². The number of aliphatic hydroxyl groups is 1. The number of fused-ring (bicyclic) bond motifs is 1. The normalized spacial score (nSPS) is 22.5. The van der Waals surface area contributed by atoms with Gasteiger partial charge in [-0.05, 0) is 30.0 Å². The maximum Gasteiger partial charge on any atom is 0.0864 e. The topological polar surface area (TPSA) is 20.2 Å². The van der Waals surface area contributed by atoms with E-state index < -0.39 is 0 Å². The van der Waals surface area contributed by atoms with Crippen LogP contribution in [0.5, 0.6) is 0 Å². The second kappa shape index (κ2) is 4.01. The van der Waals surface area contributed by atoms with Gasteiger partial charge >= 0.3 is 0 Å². The number of benzene rings is 2. The highest BCUT2D eigenvalue weighted by Crippen LogP contribution is 2.42. The number of aliphatic hydroxyl groups excluding tert-OH is 1. The molecule has 2 aromatic carbocycles. The average molecular weight is 224 g/mol. The first-order chi connectivity index (χ1) is 8.25. The number of hydrogen-bond donors (Lipinski definition) is 1. The first-order valence-electron chi connectivity index (χ1n) is 6.08. The van der Waals surface area contributed by atoms with E-state index in [-0.39, 0.29) is 12.0 Å². The Morgan fingerprint density at radius 1 is 1.00 bits per heavy atom. The fourth-order valence-electron chi connectivity index (χ4n) is 2.69. The zero-order valence-electron chi connectivity index (χ0n) is 9.93. The molecule has 0 heterocycles. The Kier molecular flexibility index (Phi) is 2.49. The molecule has 17 heavy (non-hydrogen) atoms. The lowest BCUT2D eigenvalue weighted by Crippen LogP contribution is -2.05. The fraction of sp³-hybridized carbons (Fsp3) is 0.250. The summed E-state index contributed by atoms with van der Waals surface area (Å²) in [7, 11) is 0. The Bertz CT molecular complexity index is 527. The lowest BCUT2D eigenvalue weighted by molar-refractivity contribution is 0.158. The molecule has 0 saturated heterocycles. The molecular weight excluding hydrogens is 208 g/mol. The van der Waals surface area contributed by atoms with Gasteiger partial charge in [-0.1, -0.05) is 54.1 Å². The minimum absolute atomic E-state index is 0.216. The minimum Gasteiger partial charge on any atom is -0.388 e. The maximum atomic E-state index is 10.4. The quantitative estimate of drug-likeness (QED) is 0.787. The van der Waals surface area contributed by atoms with Gasteiger partial charge in [-0.2, -0.15) is 0 Å². The van der Waals surface area contributed by atoms with Crippen molar-refractivity contribution in [2.45, 2.75) is 25.4 Å². The van der Waals surface area contributed by atoms with Crippen molar-refractivity contribution in [1.29, 1.82) is 0 Å². The Labute approximate surface area is 102 Å². The van der Waals surface area contributed by atoms with Gasteiger partial charge < -0.3 is 5.11 Å². The summed E-state index contributed by atoms with van der Waals surface area (Å²) >= 11 is 0. The maximum absolute atomic E-state index is 10.4. The number of aryl methyl sites for hydroxylation is 1. The number of rotatable bonds is 1. The monoisotopic (exact) mass is 224 g/mol. The molecular formula is C16H16O. The summed E-state index contributed by atoms with van der Waals surface area (Å²) in [6.07, 6.45) is 0.592. The van der Waals surface area contributed by atoms with Crippen molar-refractivity contribution in [3.63, 3.8) is 0 Å². The van der Waals surface area contributed by atoms with E-state index in [0.717, 1.165) is 12.0 Å². The Balaban J connectivity index is 1.96. The van der Waals surface area contributed by atoms with Crippen LogP contribution >= 0.6 is 0 Å². The summed E-state index contributed by atoms with van der Waals surface area (Å²) in [5.74, 6) is 0.216. The fourth-order valence-corrected chi connectivity index (χ4v) is 2.69. The second-order valence-corrected chi connectivity index (χ2v) is 4.86. The van der Waals surface area contributed by atoms with Gasteiger partial charge in [0.25, 0.3) is 0 Å². The van der Waals surface area contributed by atoms with Gasteiger partial charge in [0.05, 0.1) is 6.10 Å². The van der Waals surface area contributed by atoms with Crippen molar-refractivity contribution >= 4 is 0 Å². The second-order valence-electron chi connectivity index (χ2n) is 4.86. The first kappa shape index (κ1) is 10.5. The summed E-state index contributed by atoms with van der Waals surface area (Å²) in [6.45, 7) is 2.09. The smallest absolute Gasteiger partial charge is 0.0864 e. The molecule has 0 radical (unpaired) electrons. The van der Waals surface area contributed by atoms with E-state index in [1.54, 1.807) is 0 Å². The van der Waals surface area contributed by atoms with Crippen LogP contribution in [0.2, 0.25) is 0 Å². The van der Waals surface area contributed by atoms with E-state index in [1.165, 1.54) is 16.7 Å². The molecule has 86 valence electrons. The predicted molar refractivity (Wildman–Crippen MR) is 69.0 cm³/mol. The molecule has 0 bridgehead atoms. The molecule has 1 aliphatic rings. The lowest BCUT2D eigenvalue weighted by atomic mass is 9.93. The molecule has 1 heteroatoms. The lowest BCUT2D eigenvalue weighted by Gasteiger charge is -2.15. The Morgan fingerprint density at radius 3 is 2.41 bits per heavy atom. The van der Waals surface area contributed by atoms with Crippen LogP contribution in [0.25, 0.3) is 0 Å². The summed E-state index contributed by atoms with van der Waals surface area (Å²) in [5, 5.41) is 10.4. The van der Waals surface area contributed by atoms with Gasteiger partial charge in [-0.15, -0.1) is 0 Å². The minimum atomic E-state index is -0.353. The standard InChI is InChI=1S/C16H16O/c1-11-6-8-12(9-7-11)15-10-13-4-2-3-5-14(13)16(15)17/h2-9,15-17H,10H2,1H3. The zero-order chi connectivity index (χ0) is 11.8. The Morgan fingerprint density at radius 2 is 1.71 bits per heavy atom. The molecule has 3 rings (SSSR count). The predicted octanol–water partition coefficient (Wildman–Crippen LogP) is 3.37. The molecule has 1 nitrogen and oxygen atoms in total. The molecule has 0 saturated carbocycles. The summed E-state index contributed by atoms with van der Waals surface area (Å²) in [4.78, 5) is 0. The highest BCUT2D eigenvalue weighted by atomic mass is 16.3. The van der Waals surface area contributed by atoms with Gasteiger partial charge in [-0.3, -0.25) is 0 Å². The van der Waals surface area contributed by atoms with Crippen molar-refractivity contribution in [3.8, 4) is 0 Å². The van der Waals surface area contributed by atoms with Crippen LogP contribution in [0.15, 0.2) is 48.5 Å². The van der Waals surface area contributed by atoms with Crippen LogP contribution in [-0.4, -0.2) is 5.11 Å². The van der Waals surface area contributed by atoms with Crippen LogP contribution in [-0.2, 0) is 6.42 Å². The van der Waals surface area contributed by atoms with Gasteiger partial charge in [-0.25, -0.2) is 0 Å². The van der Waals surface area contributed by atoms with Crippen molar-refractivity contribution in [3.05, 3.63) is 70.8 Å². The third kappa shape index (κ3) is 1.77. The molecule has 0 aromatic heterocycles. The van der Waals surface area contributed by atoms with Crippen LogP contribution < -0.4 is 0 Å².